The summed E-state index contributed by atoms with van der Waals surface area (Å²) in [4.78, 5) is 19.4. The molecule has 2 aliphatic rings. The standard InChI is InChI=1S/C19H19N3O3S.ClH/c1-3-22(2)13-5-7-16-15(11-13)18(23)14-6-4-12(19-20-8-9-21-19)10-17(14)26(16,24)25;/h4-7,10-11H,3,8-9H2,1-2H3,(H,20,21);1H. The lowest BCUT2D eigenvalue weighted by Crippen LogP contribution is -2.24. The van der Waals surface area contributed by atoms with Crippen molar-refractivity contribution in [2.24, 2.45) is 4.99 Å². The Hall–Kier alpha value is -2.38. The fourth-order valence-corrected chi connectivity index (χ4v) is 4.94. The van der Waals surface area contributed by atoms with Crippen molar-refractivity contribution in [1.29, 1.82) is 0 Å². The molecular weight excluding hydrogens is 386 g/mol. The van der Waals surface area contributed by atoms with Gasteiger partial charge in [0.1, 0.15) is 5.84 Å². The van der Waals surface area contributed by atoms with Crippen LogP contribution < -0.4 is 10.2 Å². The summed E-state index contributed by atoms with van der Waals surface area (Å²) in [6.07, 6.45) is 0. The van der Waals surface area contributed by atoms with E-state index in [0.717, 1.165) is 18.8 Å². The van der Waals surface area contributed by atoms with Crippen LogP contribution in [-0.4, -0.2) is 46.7 Å². The first-order valence-corrected chi connectivity index (χ1v) is 9.99. The summed E-state index contributed by atoms with van der Waals surface area (Å²) in [5, 5.41) is 3.13. The Morgan fingerprint density at radius 2 is 1.89 bits per heavy atom. The van der Waals surface area contributed by atoms with Crippen molar-refractivity contribution in [2.45, 2.75) is 16.7 Å². The van der Waals surface area contributed by atoms with Crippen molar-refractivity contribution in [2.75, 3.05) is 31.6 Å². The molecule has 0 aromatic heterocycles. The number of rotatable bonds is 3. The first-order chi connectivity index (χ1) is 12.4. The second-order valence-electron chi connectivity index (χ2n) is 6.40. The molecule has 0 saturated carbocycles. The fraction of sp³-hybridized carbons (Fsp3) is 0.263. The summed E-state index contributed by atoms with van der Waals surface area (Å²) in [6, 6.07) is 9.82. The number of benzene rings is 2. The highest BCUT2D eigenvalue weighted by Crippen LogP contribution is 2.36. The van der Waals surface area contributed by atoms with Gasteiger partial charge in [-0.1, -0.05) is 6.07 Å². The van der Waals surface area contributed by atoms with E-state index in [1.54, 1.807) is 30.3 Å². The Balaban J connectivity index is 0.00000210. The molecule has 0 amide bonds. The number of hydrogen-bond acceptors (Lipinski definition) is 6. The maximum Gasteiger partial charge on any atom is 0.208 e. The monoisotopic (exact) mass is 405 g/mol. The predicted molar refractivity (Wildman–Crippen MR) is 107 cm³/mol. The molecule has 2 heterocycles. The van der Waals surface area contributed by atoms with E-state index in [4.69, 9.17) is 0 Å². The molecule has 0 bridgehead atoms. The maximum atomic E-state index is 13.1. The van der Waals surface area contributed by atoms with Crippen LogP contribution in [0.15, 0.2) is 51.2 Å². The van der Waals surface area contributed by atoms with Gasteiger partial charge in [-0.3, -0.25) is 9.79 Å². The molecule has 1 N–H and O–H groups in total. The van der Waals surface area contributed by atoms with Crippen LogP contribution in [0.1, 0.15) is 28.4 Å². The quantitative estimate of drug-likeness (QED) is 0.723. The summed E-state index contributed by atoms with van der Waals surface area (Å²) >= 11 is 0. The molecule has 0 unspecified atom stereocenters. The number of nitrogens with one attached hydrogen (secondary N) is 1. The van der Waals surface area contributed by atoms with E-state index in [0.29, 0.717) is 17.9 Å². The van der Waals surface area contributed by atoms with E-state index >= 15 is 0 Å². The number of anilines is 1. The molecule has 6 nitrogen and oxygen atoms in total. The van der Waals surface area contributed by atoms with Crippen molar-refractivity contribution >= 4 is 39.6 Å². The van der Waals surface area contributed by atoms with E-state index in [9.17, 15) is 13.2 Å². The van der Waals surface area contributed by atoms with E-state index in [1.165, 1.54) is 6.07 Å². The Morgan fingerprint density at radius 1 is 1.11 bits per heavy atom. The molecule has 2 aromatic carbocycles. The number of amidine groups is 1. The number of fused-ring (bicyclic) bond motifs is 2. The van der Waals surface area contributed by atoms with Crippen molar-refractivity contribution in [3.63, 3.8) is 0 Å². The summed E-state index contributed by atoms with van der Waals surface area (Å²) < 4.78 is 26.3. The molecule has 27 heavy (non-hydrogen) atoms. The first-order valence-electron chi connectivity index (χ1n) is 8.51. The van der Waals surface area contributed by atoms with Crippen LogP contribution in [0.3, 0.4) is 0 Å². The first kappa shape index (κ1) is 19.4. The second kappa shape index (κ2) is 6.98. The van der Waals surface area contributed by atoms with Crippen LogP contribution in [-0.2, 0) is 9.84 Å². The highest BCUT2D eigenvalue weighted by molar-refractivity contribution is 7.91. The number of ketones is 1. The van der Waals surface area contributed by atoms with Gasteiger partial charge in [-0.05, 0) is 37.3 Å². The summed E-state index contributed by atoms with van der Waals surface area (Å²) in [6.45, 7) is 4.15. The smallest absolute Gasteiger partial charge is 0.208 e. The van der Waals surface area contributed by atoms with Crippen LogP contribution in [0.2, 0.25) is 0 Å². The fourth-order valence-electron chi connectivity index (χ4n) is 3.28. The highest BCUT2D eigenvalue weighted by Gasteiger charge is 2.35. The second-order valence-corrected chi connectivity index (χ2v) is 8.28. The number of hydrogen-bond donors (Lipinski definition) is 1. The molecule has 0 aliphatic carbocycles. The number of halogens is 1. The van der Waals surface area contributed by atoms with E-state index in [-0.39, 0.29) is 39.1 Å². The normalized spacial score (nSPS) is 16.5. The van der Waals surface area contributed by atoms with Crippen LogP contribution in [0, 0.1) is 0 Å². The van der Waals surface area contributed by atoms with Gasteiger partial charge < -0.3 is 10.2 Å². The van der Waals surface area contributed by atoms with Crippen molar-refractivity contribution in [1.82, 2.24) is 5.32 Å². The molecule has 2 aromatic rings. The minimum absolute atomic E-state index is 0. The number of aliphatic imine (C=N–C) groups is 1. The topological polar surface area (TPSA) is 78.8 Å². The third-order valence-corrected chi connectivity index (χ3v) is 6.73. The number of carbonyl (C=O) groups excluding carboxylic acids is 1. The van der Waals surface area contributed by atoms with Crippen LogP contribution in [0.25, 0.3) is 0 Å². The molecule has 8 heteroatoms. The Kier molecular flexibility index (Phi) is 5.01. The largest absolute Gasteiger partial charge is 0.375 e. The van der Waals surface area contributed by atoms with E-state index in [2.05, 4.69) is 10.3 Å². The molecule has 4 rings (SSSR count). The zero-order valence-electron chi connectivity index (χ0n) is 15.0. The van der Waals surface area contributed by atoms with Gasteiger partial charge in [0.15, 0.2) is 5.78 Å². The van der Waals surface area contributed by atoms with Crippen LogP contribution in [0.4, 0.5) is 5.69 Å². The predicted octanol–water partition coefficient (Wildman–Crippen LogP) is 2.29. The van der Waals surface area contributed by atoms with Gasteiger partial charge in [-0.15, -0.1) is 12.4 Å². The average Bonchev–Trinajstić information content (AvgIpc) is 3.19. The highest BCUT2D eigenvalue weighted by atomic mass is 35.5. The molecule has 0 spiro atoms. The Labute approximate surface area is 164 Å². The molecule has 0 fully saturated rings. The van der Waals surface area contributed by atoms with Crippen molar-refractivity contribution in [3.8, 4) is 0 Å². The van der Waals surface area contributed by atoms with Crippen molar-refractivity contribution in [3.05, 3.63) is 53.1 Å². The minimum Gasteiger partial charge on any atom is -0.375 e. The van der Waals surface area contributed by atoms with E-state index in [1.807, 2.05) is 18.9 Å². The van der Waals surface area contributed by atoms with Gasteiger partial charge in [0.2, 0.25) is 9.84 Å². The average molecular weight is 406 g/mol. The zero-order valence-corrected chi connectivity index (χ0v) is 16.7. The van der Waals surface area contributed by atoms with Gasteiger partial charge in [0.05, 0.1) is 16.3 Å². The molecule has 0 atom stereocenters. The van der Waals surface area contributed by atoms with Gasteiger partial charge in [-0.2, -0.15) is 0 Å². The minimum atomic E-state index is -3.76. The molecule has 0 saturated heterocycles. The summed E-state index contributed by atoms with van der Waals surface area (Å²) in [5.41, 5.74) is 1.96. The molecule has 0 radical (unpaired) electrons. The van der Waals surface area contributed by atoms with E-state index < -0.39 is 9.84 Å². The summed E-state index contributed by atoms with van der Waals surface area (Å²) in [5.74, 6) is 0.408. The SMILES string of the molecule is CCN(C)c1ccc2c(c1)C(=O)c1ccc(C3=NCCN3)cc1S2(=O)=O.Cl. The number of nitrogens with zero attached hydrogens (tertiary/aromatic N) is 2. The third kappa shape index (κ3) is 3.00. The Bertz CT molecular complexity index is 1060. The van der Waals surface area contributed by atoms with Crippen LogP contribution in [0.5, 0.6) is 0 Å². The molecule has 2 aliphatic heterocycles. The molecular formula is C19H20ClN3O3S. The zero-order chi connectivity index (χ0) is 18.5. The summed E-state index contributed by atoms with van der Waals surface area (Å²) in [7, 11) is -1.86. The molecule has 142 valence electrons. The third-order valence-electron chi connectivity index (χ3n) is 4.88. The Morgan fingerprint density at radius 3 is 2.56 bits per heavy atom. The van der Waals surface area contributed by atoms with Crippen molar-refractivity contribution < 1.29 is 13.2 Å². The van der Waals surface area contributed by atoms with Crippen LogP contribution >= 0.6 is 12.4 Å². The van der Waals surface area contributed by atoms with Gasteiger partial charge >= 0.3 is 0 Å². The lowest BCUT2D eigenvalue weighted by Gasteiger charge is -2.23. The number of sulfone groups is 1. The lowest BCUT2D eigenvalue weighted by atomic mass is 10.00. The number of carbonyl (C=O) groups is 1. The maximum absolute atomic E-state index is 13.1. The van der Waals surface area contributed by atoms with Gasteiger partial charge in [0, 0.05) is 42.5 Å². The van der Waals surface area contributed by atoms with Gasteiger partial charge in [0.25, 0.3) is 0 Å². The van der Waals surface area contributed by atoms with Gasteiger partial charge in [-0.25, -0.2) is 8.42 Å². The lowest BCUT2D eigenvalue weighted by molar-refractivity contribution is 0.103.